The van der Waals surface area contributed by atoms with Crippen molar-refractivity contribution in [2.75, 3.05) is 32.8 Å². The quantitative estimate of drug-likeness (QED) is 0.307. The van der Waals surface area contributed by atoms with Crippen LogP contribution in [0.1, 0.15) is 6.42 Å². The van der Waals surface area contributed by atoms with E-state index in [0.29, 0.717) is 0 Å². The molecule has 5 nitrogen and oxygen atoms in total. The summed E-state index contributed by atoms with van der Waals surface area (Å²) in [4.78, 5) is 5.29. The van der Waals surface area contributed by atoms with Crippen LogP contribution in [-0.4, -0.2) is 42.4 Å². The van der Waals surface area contributed by atoms with Crippen LogP contribution in [0.15, 0.2) is 60.8 Å². The third-order valence-corrected chi connectivity index (χ3v) is 5.62. The van der Waals surface area contributed by atoms with E-state index in [9.17, 15) is 0 Å². The fourth-order valence-electron chi connectivity index (χ4n) is 4.18. The van der Waals surface area contributed by atoms with Gasteiger partial charge in [0.25, 0.3) is 0 Å². The van der Waals surface area contributed by atoms with Gasteiger partial charge in [0, 0.05) is 12.0 Å². The first-order chi connectivity index (χ1) is 13.4. The summed E-state index contributed by atoms with van der Waals surface area (Å²) in [5, 5.41) is 0. The molecule has 0 amide bonds. The van der Waals surface area contributed by atoms with Crippen molar-refractivity contribution < 1.29 is 38.9 Å². The molecule has 0 aliphatic carbocycles. The Kier molecular flexibility index (Phi) is 7.19. The average molecular weight is 433 g/mol. The molecule has 4 aromatic rings. The first kappa shape index (κ1) is 21.7. The van der Waals surface area contributed by atoms with Crippen LogP contribution in [0.2, 0.25) is 0 Å². The predicted octanol–water partition coefficient (Wildman–Crippen LogP) is -4.31. The highest BCUT2D eigenvalue weighted by atomic mass is 35.5. The van der Waals surface area contributed by atoms with E-state index in [1.807, 2.05) is 0 Å². The van der Waals surface area contributed by atoms with E-state index in [1.54, 1.807) is 4.90 Å². The van der Waals surface area contributed by atoms with Gasteiger partial charge in [-0.15, -0.1) is 0 Å². The normalized spacial score (nSPS) is 14.6. The highest BCUT2D eigenvalue weighted by molar-refractivity contribution is 5.74. The van der Waals surface area contributed by atoms with Crippen LogP contribution in [0, 0.1) is 0 Å². The van der Waals surface area contributed by atoms with Crippen molar-refractivity contribution in [1.82, 2.24) is 9.55 Å². The topological polar surface area (TPSA) is 38.5 Å². The second-order valence-corrected chi connectivity index (χ2v) is 7.33. The second-order valence-electron chi connectivity index (χ2n) is 7.33. The van der Waals surface area contributed by atoms with Crippen molar-refractivity contribution in [2.24, 2.45) is 0 Å². The minimum absolute atomic E-state index is 0. The Balaban J connectivity index is 0.00000120. The number of rotatable bonds is 5. The molecule has 1 fully saturated rings. The Labute approximate surface area is 183 Å². The van der Waals surface area contributed by atoms with E-state index in [0.717, 1.165) is 45.0 Å². The molecule has 0 atom stereocenters. The summed E-state index contributed by atoms with van der Waals surface area (Å²) in [6.45, 7) is 6.27. The van der Waals surface area contributed by atoms with Crippen molar-refractivity contribution >= 4 is 16.8 Å². The lowest BCUT2D eigenvalue weighted by Gasteiger charge is -2.23. The van der Waals surface area contributed by atoms with Crippen LogP contribution < -0.4 is 34.1 Å². The zero-order valence-electron chi connectivity index (χ0n) is 16.3. The maximum Gasteiger partial charge on any atom is 0.368 e. The lowest BCUT2D eigenvalue weighted by molar-refractivity contribution is -0.908. The summed E-state index contributed by atoms with van der Waals surface area (Å²) in [6, 6.07) is 19.2. The van der Waals surface area contributed by atoms with Gasteiger partial charge in [0.05, 0.1) is 26.3 Å². The van der Waals surface area contributed by atoms with E-state index in [1.165, 1.54) is 28.8 Å². The fraction of sp³-hybridized carbons (Fsp3) is 0.318. The number of fused-ring (bicyclic) bond motifs is 3. The molecule has 0 bridgehead atoms. The molecular formula is C22H26Cl2N4O. The molecule has 154 valence electrons. The Morgan fingerprint density at radius 2 is 1.69 bits per heavy atom. The SMILES string of the molecule is [Cl-].[Cl-].c1ccc(-c2c[n+]3c4ccccc4[nH]c3n2CCC[NH+]2CCOCC2)cc1. The highest BCUT2D eigenvalue weighted by Gasteiger charge is 2.22. The van der Waals surface area contributed by atoms with Crippen LogP contribution in [-0.2, 0) is 11.3 Å². The number of aromatic nitrogens is 3. The van der Waals surface area contributed by atoms with E-state index in [-0.39, 0.29) is 24.8 Å². The molecule has 2 aromatic heterocycles. The number of hydrogen-bond donors (Lipinski definition) is 2. The van der Waals surface area contributed by atoms with Gasteiger partial charge in [-0.3, -0.25) is 0 Å². The molecule has 1 aliphatic rings. The number of ether oxygens (including phenoxy) is 1. The number of benzene rings is 2. The molecule has 1 aliphatic heterocycles. The number of nitrogens with one attached hydrogen (secondary N) is 2. The van der Waals surface area contributed by atoms with Gasteiger partial charge < -0.3 is 34.5 Å². The number of quaternary nitrogens is 1. The minimum atomic E-state index is 0. The highest BCUT2D eigenvalue weighted by Crippen LogP contribution is 2.22. The molecule has 5 rings (SSSR count). The first-order valence-electron chi connectivity index (χ1n) is 9.88. The third kappa shape index (κ3) is 4.28. The van der Waals surface area contributed by atoms with Gasteiger partial charge in [0.1, 0.15) is 36.0 Å². The Bertz CT molecular complexity index is 1050. The summed E-state index contributed by atoms with van der Waals surface area (Å²) in [5.74, 6) is 1.16. The average Bonchev–Trinajstić information content (AvgIpc) is 3.26. The van der Waals surface area contributed by atoms with E-state index >= 15 is 0 Å². The monoisotopic (exact) mass is 432 g/mol. The molecule has 0 saturated carbocycles. The number of imidazole rings is 2. The van der Waals surface area contributed by atoms with Gasteiger partial charge in [-0.25, -0.2) is 9.55 Å². The smallest absolute Gasteiger partial charge is 0.368 e. The second kappa shape index (κ2) is 9.63. The van der Waals surface area contributed by atoms with Crippen LogP contribution in [0.3, 0.4) is 0 Å². The number of para-hydroxylation sites is 2. The lowest BCUT2D eigenvalue weighted by atomic mass is 10.1. The van der Waals surface area contributed by atoms with Crippen molar-refractivity contribution in [3.8, 4) is 11.3 Å². The summed E-state index contributed by atoms with van der Waals surface area (Å²) in [6.07, 6.45) is 3.43. The summed E-state index contributed by atoms with van der Waals surface area (Å²) >= 11 is 0. The number of aryl methyl sites for hydroxylation is 1. The van der Waals surface area contributed by atoms with Crippen molar-refractivity contribution in [2.45, 2.75) is 13.0 Å². The molecule has 3 heterocycles. The maximum absolute atomic E-state index is 5.49. The number of H-pyrrole nitrogens is 1. The van der Waals surface area contributed by atoms with Crippen LogP contribution in [0.4, 0.5) is 0 Å². The molecule has 2 aromatic carbocycles. The molecule has 0 unspecified atom stereocenters. The number of halogens is 2. The Morgan fingerprint density at radius 3 is 2.48 bits per heavy atom. The summed E-state index contributed by atoms with van der Waals surface area (Å²) in [5.41, 5.74) is 4.93. The first-order valence-corrected chi connectivity index (χ1v) is 9.88. The van der Waals surface area contributed by atoms with Crippen molar-refractivity contribution in [1.29, 1.82) is 0 Å². The zero-order valence-corrected chi connectivity index (χ0v) is 17.8. The van der Waals surface area contributed by atoms with Gasteiger partial charge >= 0.3 is 5.78 Å². The van der Waals surface area contributed by atoms with E-state index in [4.69, 9.17) is 4.74 Å². The third-order valence-electron chi connectivity index (χ3n) is 5.62. The maximum atomic E-state index is 5.49. The van der Waals surface area contributed by atoms with Crippen LogP contribution in [0.25, 0.3) is 28.1 Å². The van der Waals surface area contributed by atoms with Gasteiger partial charge in [-0.2, -0.15) is 4.40 Å². The zero-order chi connectivity index (χ0) is 18.1. The lowest BCUT2D eigenvalue weighted by Crippen LogP contribution is -3.14. The molecule has 1 saturated heterocycles. The summed E-state index contributed by atoms with van der Waals surface area (Å²) in [7, 11) is 0. The number of hydrogen-bond acceptors (Lipinski definition) is 1. The van der Waals surface area contributed by atoms with Crippen LogP contribution >= 0.6 is 0 Å². The Hall–Kier alpha value is -2.05. The molecule has 0 spiro atoms. The summed E-state index contributed by atoms with van der Waals surface area (Å²) < 4.78 is 10.2. The molecule has 0 radical (unpaired) electrons. The van der Waals surface area contributed by atoms with Gasteiger partial charge in [-0.05, 0) is 12.1 Å². The van der Waals surface area contributed by atoms with Crippen molar-refractivity contribution in [3.05, 3.63) is 60.8 Å². The van der Waals surface area contributed by atoms with Gasteiger partial charge in [-0.1, -0.05) is 42.5 Å². The minimum Gasteiger partial charge on any atom is -1.00 e. The van der Waals surface area contributed by atoms with Gasteiger partial charge in [0.15, 0.2) is 0 Å². The Morgan fingerprint density at radius 1 is 0.966 bits per heavy atom. The molecule has 2 N–H and O–H groups in total. The fourth-order valence-corrected chi connectivity index (χ4v) is 4.18. The molecule has 7 heteroatoms. The molecule has 29 heavy (non-hydrogen) atoms. The van der Waals surface area contributed by atoms with Gasteiger partial charge in [0.2, 0.25) is 0 Å². The number of aromatic amines is 1. The number of nitrogens with zero attached hydrogens (tertiary/aromatic N) is 2. The van der Waals surface area contributed by atoms with Crippen molar-refractivity contribution in [3.63, 3.8) is 0 Å². The molecular weight excluding hydrogens is 407 g/mol. The predicted molar refractivity (Wildman–Crippen MR) is 106 cm³/mol. The van der Waals surface area contributed by atoms with E-state index < -0.39 is 0 Å². The van der Waals surface area contributed by atoms with Crippen LogP contribution in [0.5, 0.6) is 0 Å². The largest absolute Gasteiger partial charge is 1.00 e. The standard InChI is InChI=1S/C22H24N4O.2ClH/c1-2-7-18(8-3-1)21-17-26-20-10-5-4-9-19(20)23-22(26)25(21)12-6-11-24-13-15-27-16-14-24;;/h1-5,7-10,17H,6,11-16H2;2*1H. The van der Waals surface area contributed by atoms with E-state index in [2.05, 4.69) is 74.7 Å². The number of morpholine rings is 1.